The average molecular weight is 335 g/mol. The van der Waals surface area contributed by atoms with Gasteiger partial charge in [0.1, 0.15) is 4.90 Å². The zero-order valence-electron chi connectivity index (χ0n) is 11.7. The average Bonchev–Trinajstić information content (AvgIpc) is 2.94. The van der Waals surface area contributed by atoms with Gasteiger partial charge in [-0.05, 0) is 31.4 Å². The number of aromatic nitrogens is 1. The largest absolute Gasteiger partial charge is 0.417 e. The van der Waals surface area contributed by atoms with E-state index in [-0.39, 0.29) is 18.5 Å². The molecule has 2 atom stereocenters. The highest BCUT2D eigenvalue weighted by molar-refractivity contribution is 7.89. The van der Waals surface area contributed by atoms with Crippen LogP contribution in [0.4, 0.5) is 13.2 Å². The van der Waals surface area contributed by atoms with E-state index in [1.807, 2.05) is 0 Å². The van der Waals surface area contributed by atoms with Crippen molar-refractivity contribution in [1.82, 2.24) is 14.6 Å². The van der Waals surface area contributed by atoms with Gasteiger partial charge in [0.15, 0.2) is 0 Å². The highest BCUT2D eigenvalue weighted by Crippen LogP contribution is 2.37. The molecule has 2 fully saturated rings. The van der Waals surface area contributed by atoms with E-state index in [0.29, 0.717) is 25.6 Å². The molecule has 1 aromatic rings. The normalized spacial score (nSPS) is 26.9. The second-order valence-corrected chi connectivity index (χ2v) is 7.47. The number of rotatable bonds is 2. The maximum atomic E-state index is 13.1. The first-order chi connectivity index (χ1) is 10.3. The van der Waals surface area contributed by atoms with Crippen molar-refractivity contribution >= 4 is 10.0 Å². The molecule has 2 aliphatic rings. The second kappa shape index (κ2) is 5.47. The van der Waals surface area contributed by atoms with Crippen LogP contribution >= 0.6 is 0 Å². The summed E-state index contributed by atoms with van der Waals surface area (Å²) in [6, 6.07) is 0.432. The topological polar surface area (TPSA) is 62.3 Å². The van der Waals surface area contributed by atoms with Gasteiger partial charge in [0.2, 0.25) is 10.0 Å². The summed E-state index contributed by atoms with van der Waals surface area (Å²) in [4.78, 5) is 2.83. The zero-order valence-corrected chi connectivity index (χ0v) is 12.5. The first kappa shape index (κ1) is 15.7. The van der Waals surface area contributed by atoms with Crippen molar-refractivity contribution in [1.29, 1.82) is 0 Å². The van der Waals surface area contributed by atoms with Gasteiger partial charge in [0, 0.05) is 31.5 Å². The van der Waals surface area contributed by atoms with E-state index in [1.165, 1.54) is 4.31 Å². The molecule has 0 spiro atoms. The van der Waals surface area contributed by atoms with E-state index in [2.05, 4.69) is 10.3 Å². The van der Waals surface area contributed by atoms with Gasteiger partial charge in [0.25, 0.3) is 0 Å². The third-order valence-corrected chi connectivity index (χ3v) is 6.26. The smallest absolute Gasteiger partial charge is 0.315 e. The summed E-state index contributed by atoms with van der Waals surface area (Å²) < 4.78 is 66.0. The van der Waals surface area contributed by atoms with Crippen LogP contribution in [-0.2, 0) is 16.2 Å². The maximum Gasteiger partial charge on any atom is 0.417 e. The lowest BCUT2D eigenvalue weighted by molar-refractivity contribution is -0.140. The SMILES string of the molecule is O=S(=O)(c1cnccc1C(F)(F)F)N1CCC[C@H]2CNC[C@H]21. The molecule has 0 bridgehead atoms. The summed E-state index contributed by atoms with van der Waals surface area (Å²) in [5.74, 6) is 0.162. The third-order valence-electron chi connectivity index (χ3n) is 4.30. The van der Waals surface area contributed by atoms with E-state index < -0.39 is 26.7 Å². The van der Waals surface area contributed by atoms with Crippen LogP contribution in [0.2, 0.25) is 0 Å². The molecule has 0 aliphatic carbocycles. The molecule has 3 heterocycles. The summed E-state index contributed by atoms with van der Waals surface area (Å²) in [5.41, 5.74) is -1.16. The summed E-state index contributed by atoms with van der Waals surface area (Å²) >= 11 is 0. The predicted molar refractivity (Wildman–Crippen MR) is 72.5 cm³/mol. The summed E-state index contributed by atoms with van der Waals surface area (Å²) in [6.07, 6.45) is -1.43. The number of nitrogens with one attached hydrogen (secondary N) is 1. The Kier molecular flexibility index (Phi) is 3.90. The third kappa shape index (κ3) is 2.61. The van der Waals surface area contributed by atoms with Crippen molar-refractivity contribution in [3.05, 3.63) is 24.0 Å². The van der Waals surface area contributed by atoms with E-state index in [0.717, 1.165) is 18.8 Å². The van der Waals surface area contributed by atoms with Gasteiger partial charge in [-0.1, -0.05) is 0 Å². The minimum absolute atomic E-state index is 0.162. The number of pyridine rings is 1. The lowest BCUT2D eigenvalue weighted by Gasteiger charge is -2.36. The van der Waals surface area contributed by atoms with Gasteiger partial charge < -0.3 is 5.32 Å². The Bertz CT molecular complexity index is 663. The number of nitrogens with zero attached hydrogens (tertiary/aromatic N) is 2. The van der Waals surface area contributed by atoms with Gasteiger partial charge in [-0.25, -0.2) is 8.42 Å². The van der Waals surface area contributed by atoms with Crippen molar-refractivity contribution in [3.8, 4) is 0 Å². The lowest BCUT2D eigenvalue weighted by Crippen LogP contribution is -2.48. The van der Waals surface area contributed by atoms with Gasteiger partial charge in [-0.3, -0.25) is 4.98 Å². The minimum atomic E-state index is -4.73. The Morgan fingerprint density at radius 2 is 2.09 bits per heavy atom. The Balaban J connectivity index is 2.03. The van der Waals surface area contributed by atoms with Gasteiger partial charge in [-0.15, -0.1) is 0 Å². The number of hydrogen-bond acceptors (Lipinski definition) is 4. The van der Waals surface area contributed by atoms with Gasteiger partial charge in [0.05, 0.1) is 5.56 Å². The highest BCUT2D eigenvalue weighted by atomic mass is 32.2. The highest BCUT2D eigenvalue weighted by Gasteiger charge is 2.45. The van der Waals surface area contributed by atoms with Crippen LogP contribution in [0.1, 0.15) is 18.4 Å². The number of piperidine rings is 1. The van der Waals surface area contributed by atoms with Crippen LogP contribution in [0.5, 0.6) is 0 Å². The van der Waals surface area contributed by atoms with Crippen LogP contribution in [0.15, 0.2) is 23.4 Å². The fourth-order valence-electron chi connectivity index (χ4n) is 3.27. The second-order valence-electron chi connectivity index (χ2n) is 5.61. The van der Waals surface area contributed by atoms with Gasteiger partial charge in [-0.2, -0.15) is 17.5 Å². The molecule has 1 aromatic heterocycles. The van der Waals surface area contributed by atoms with Gasteiger partial charge >= 0.3 is 6.18 Å². The monoisotopic (exact) mass is 335 g/mol. The number of sulfonamides is 1. The van der Waals surface area contributed by atoms with Crippen LogP contribution in [0.3, 0.4) is 0 Å². The number of hydrogen-bond donors (Lipinski definition) is 1. The maximum absolute atomic E-state index is 13.1. The summed E-state index contributed by atoms with van der Waals surface area (Å²) in [5, 5.41) is 3.12. The molecule has 9 heteroatoms. The molecule has 5 nitrogen and oxygen atoms in total. The number of fused-ring (bicyclic) bond motifs is 1. The lowest BCUT2D eigenvalue weighted by atomic mass is 9.94. The molecule has 3 rings (SSSR count). The molecule has 122 valence electrons. The fourth-order valence-corrected chi connectivity index (χ4v) is 5.15. The first-order valence-electron chi connectivity index (χ1n) is 7.05. The molecule has 2 saturated heterocycles. The van der Waals surface area contributed by atoms with E-state index in [1.54, 1.807) is 0 Å². The zero-order chi connectivity index (χ0) is 16.0. The predicted octanol–water partition coefficient (Wildman–Crippen LogP) is 1.47. The Morgan fingerprint density at radius 1 is 1.32 bits per heavy atom. The number of alkyl halides is 3. The Hall–Kier alpha value is -1.19. The molecule has 22 heavy (non-hydrogen) atoms. The van der Waals surface area contributed by atoms with Crippen molar-refractivity contribution in [2.24, 2.45) is 5.92 Å². The summed E-state index contributed by atoms with van der Waals surface area (Å²) in [7, 11) is -4.22. The first-order valence-corrected chi connectivity index (χ1v) is 8.49. The van der Waals surface area contributed by atoms with Crippen molar-refractivity contribution in [3.63, 3.8) is 0 Å². The summed E-state index contributed by atoms with van der Waals surface area (Å²) in [6.45, 7) is 1.43. The molecule has 0 saturated carbocycles. The van der Waals surface area contributed by atoms with E-state index in [9.17, 15) is 21.6 Å². The van der Waals surface area contributed by atoms with Crippen LogP contribution in [-0.4, -0.2) is 43.4 Å². The molecule has 0 unspecified atom stereocenters. The van der Waals surface area contributed by atoms with Crippen LogP contribution in [0.25, 0.3) is 0 Å². The molecular formula is C13H16F3N3O2S. The quantitative estimate of drug-likeness (QED) is 0.889. The fraction of sp³-hybridized carbons (Fsp3) is 0.615. The van der Waals surface area contributed by atoms with Crippen molar-refractivity contribution in [2.75, 3.05) is 19.6 Å². The standard InChI is InChI=1S/C13H16F3N3O2S/c14-13(15,16)10-3-4-17-8-12(10)22(20,21)19-5-1-2-9-6-18-7-11(9)19/h3-4,8-9,11,18H,1-2,5-7H2/t9-,11+/m0/s1. The van der Waals surface area contributed by atoms with E-state index >= 15 is 0 Å². The molecule has 0 aromatic carbocycles. The number of halogens is 3. The molecule has 0 amide bonds. The van der Waals surface area contributed by atoms with E-state index in [4.69, 9.17) is 0 Å². The molecule has 0 radical (unpaired) electrons. The Labute approximate surface area is 126 Å². The van der Waals surface area contributed by atoms with Crippen LogP contribution in [0, 0.1) is 5.92 Å². The van der Waals surface area contributed by atoms with Crippen LogP contribution < -0.4 is 5.32 Å². The molecular weight excluding hydrogens is 319 g/mol. The molecule has 2 aliphatic heterocycles. The van der Waals surface area contributed by atoms with Crippen molar-refractivity contribution in [2.45, 2.75) is 30.0 Å². The minimum Gasteiger partial charge on any atom is -0.315 e. The molecule has 1 N–H and O–H groups in total. The Morgan fingerprint density at radius 3 is 2.82 bits per heavy atom. The van der Waals surface area contributed by atoms with Crippen molar-refractivity contribution < 1.29 is 21.6 Å².